The fourth-order valence-electron chi connectivity index (χ4n) is 2.85. The highest BCUT2D eigenvalue weighted by molar-refractivity contribution is 5.89. The first-order valence-electron chi connectivity index (χ1n) is 7.56. The smallest absolute Gasteiger partial charge is 0.322 e. The summed E-state index contributed by atoms with van der Waals surface area (Å²) in [6, 6.07) is 7.03. The van der Waals surface area contributed by atoms with Crippen LogP contribution in [0.4, 0.5) is 10.5 Å². The van der Waals surface area contributed by atoms with Crippen molar-refractivity contribution < 1.29 is 9.90 Å². The highest BCUT2D eigenvalue weighted by Gasteiger charge is 2.30. The fourth-order valence-corrected chi connectivity index (χ4v) is 2.85. The van der Waals surface area contributed by atoms with Crippen LogP contribution in [0.15, 0.2) is 36.7 Å². The summed E-state index contributed by atoms with van der Waals surface area (Å²) in [7, 11) is 0. The molecule has 2 heterocycles. The van der Waals surface area contributed by atoms with Crippen molar-refractivity contribution in [3.8, 4) is 5.75 Å². The van der Waals surface area contributed by atoms with Crippen molar-refractivity contribution in [2.24, 2.45) is 0 Å². The zero-order valence-corrected chi connectivity index (χ0v) is 12.6. The topological polar surface area (TPSA) is 70.4 Å². The monoisotopic (exact) mass is 300 g/mol. The van der Waals surface area contributed by atoms with Gasteiger partial charge in [-0.3, -0.25) is 4.68 Å². The van der Waals surface area contributed by atoms with Gasteiger partial charge in [0.15, 0.2) is 0 Å². The number of rotatable bonds is 3. The lowest BCUT2D eigenvalue weighted by Gasteiger charge is -2.25. The molecule has 1 aromatic carbocycles. The molecule has 6 heteroatoms. The standard InChI is InChI=1S/C16H20N4O2/c1-2-19-11-13(10-17-19)18-16(22)20-9-3-4-15(20)12-5-7-14(21)8-6-12/h5-8,10-11,15,21H,2-4,9H2,1H3,(H,18,22)/t15-/m1/s1. The molecule has 0 bridgehead atoms. The molecule has 22 heavy (non-hydrogen) atoms. The maximum atomic E-state index is 12.5. The maximum Gasteiger partial charge on any atom is 0.322 e. The van der Waals surface area contributed by atoms with Crippen LogP contribution in [0.3, 0.4) is 0 Å². The van der Waals surface area contributed by atoms with E-state index in [9.17, 15) is 9.90 Å². The first-order chi connectivity index (χ1) is 10.7. The van der Waals surface area contributed by atoms with Crippen LogP contribution in [0.25, 0.3) is 0 Å². The van der Waals surface area contributed by atoms with Gasteiger partial charge in [0.25, 0.3) is 0 Å². The summed E-state index contributed by atoms with van der Waals surface area (Å²) in [5, 5.41) is 16.5. The number of aromatic hydroxyl groups is 1. The highest BCUT2D eigenvalue weighted by Crippen LogP contribution is 2.33. The fraction of sp³-hybridized carbons (Fsp3) is 0.375. The molecule has 1 aliphatic rings. The Bertz CT molecular complexity index is 650. The zero-order valence-electron chi connectivity index (χ0n) is 12.6. The predicted molar refractivity (Wildman–Crippen MR) is 83.7 cm³/mol. The number of carbonyl (C=O) groups is 1. The molecule has 2 N–H and O–H groups in total. The van der Waals surface area contributed by atoms with Crippen LogP contribution < -0.4 is 5.32 Å². The number of likely N-dealkylation sites (tertiary alicyclic amines) is 1. The molecule has 1 atom stereocenters. The molecule has 6 nitrogen and oxygen atoms in total. The van der Waals surface area contributed by atoms with E-state index in [-0.39, 0.29) is 17.8 Å². The molecular formula is C16H20N4O2. The Balaban J connectivity index is 1.72. The van der Waals surface area contributed by atoms with E-state index in [0.29, 0.717) is 5.69 Å². The van der Waals surface area contributed by atoms with E-state index in [1.807, 2.05) is 30.2 Å². The van der Waals surface area contributed by atoms with Crippen LogP contribution >= 0.6 is 0 Å². The van der Waals surface area contributed by atoms with Crippen LogP contribution in [0.2, 0.25) is 0 Å². The average molecular weight is 300 g/mol. The minimum absolute atomic E-state index is 0.0572. The number of benzene rings is 1. The summed E-state index contributed by atoms with van der Waals surface area (Å²) >= 11 is 0. The predicted octanol–water partition coefficient (Wildman–Crippen LogP) is 2.98. The molecule has 1 saturated heterocycles. The zero-order chi connectivity index (χ0) is 15.5. The molecule has 2 amide bonds. The summed E-state index contributed by atoms with van der Waals surface area (Å²) in [5.74, 6) is 0.240. The molecule has 0 saturated carbocycles. The van der Waals surface area contributed by atoms with Crippen molar-refractivity contribution in [1.82, 2.24) is 14.7 Å². The van der Waals surface area contributed by atoms with Crippen LogP contribution in [-0.4, -0.2) is 32.4 Å². The number of nitrogens with zero attached hydrogens (tertiary/aromatic N) is 3. The van der Waals surface area contributed by atoms with Gasteiger partial charge >= 0.3 is 6.03 Å². The van der Waals surface area contributed by atoms with Gasteiger partial charge in [0.1, 0.15) is 5.75 Å². The summed E-state index contributed by atoms with van der Waals surface area (Å²) in [4.78, 5) is 14.3. The van der Waals surface area contributed by atoms with E-state index in [0.717, 1.165) is 31.5 Å². The summed E-state index contributed by atoms with van der Waals surface area (Å²) < 4.78 is 1.77. The molecule has 116 valence electrons. The van der Waals surface area contributed by atoms with Gasteiger partial charge < -0.3 is 15.3 Å². The number of urea groups is 1. The second-order valence-electron chi connectivity index (χ2n) is 5.46. The van der Waals surface area contributed by atoms with E-state index < -0.39 is 0 Å². The van der Waals surface area contributed by atoms with Gasteiger partial charge in [0, 0.05) is 19.3 Å². The normalized spacial score (nSPS) is 17.7. The largest absolute Gasteiger partial charge is 0.508 e. The molecule has 0 spiro atoms. The number of nitrogens with one attached hydrogen (secondary N) is 1. The molecule has 0 unspecified atom stereocenters. The second-order valence-corrected chi connectivity index (χ2v) is 5.46. The van der Waals surface area contributed by atoms with E-state index >= 15 is 0 Å². The Labute approximate surface area is 129 Å². The Kier molecular flexibility index (Phi) is 4.00. The number of phenolic OH excluding ortho intramolecular Hbond substituents is 1. The van der Waals surface area contributed by atoms with Crippen molar-refractivity contribution in [1.29, 1.82) is 0 Å². The Hall–Kier alpha value is -2.50. The van der Waals surface area contributed by atoms with Gasteiger partial charge in [-0.05, 0) is 37.5 Å². The number of hydrogen-bond donors (Lipinski definition) is 2. The molecule has 2 aromatic rings. The van der Waals surface area contributed by atoms with E-state index in [1.54, 1.807) is 23.0 Å². The third kappa shape index (κ3) is 2.90. The third-order valence-corrected chi connectivity index (χ3v) is 4.00. The summed E-state index contributed by atoms with van der Waals surface area (Å²) in [5.41, 5.74) is 1.76. The quantitative estimate of drug-likeness (QED) is 0.915. The molecule has 1 fully saturated rings. The van der Waals surface area contributed by atoms with E-state index in [1.165, 1.54) is 0 Å². The van der Waals surface area contributed by atoms with Gasteiger partial charge in [0.05, 0.1) is 17.9 Å². The number of hydrogen-bond acceptors (Lipinski definition) is 3. The van der Waals surface area contributed by atoms with Crippen LogP contribution in [-0.2, 0) is 6.54 Å². The van der Waals surface area contributed by atoms with Gasteiger partial charge in [-0.25, -0.2) is 4.79 Å². The Morgan fingerprint density at radius 1 is 1.41 bits per heavy atom. The molecular weight excluding hydrogens is 280 g/mol. The lowest BCUT2D eigenvalue weighted by Crippen LogP contribution is -2.34. The second kappa shape index (κ2) is 6.09. The summed E-state index contributed by atoms with van der Waals surface area (Å²) in [6.07, 6.45) is 5.40. The molecule has 1 aromatic heterocycles. The number of anilines is 1. The lowest BCUT2D eigenvalue weighted by atomic mass is 10.0. The van der Waals surface area contributed by atoms with Crippen molar-refractivity contribution in [3.63, 3.8) is 0 Å². The Morgan fingerprint density at radius 2 is 2.18 bits per heavy atom. The van der Waals surface area contributed by atoms with Crippen LogP contribution in [0.5, 0.6) is 5.75 Å². The van der Waals surface area contributed by atoms with Crippen molar-refractivity contribution in [2.75, 3.05) is 11.9 Å². The van der Waals surface area contributed by atoms with Crippen molar-refractivity contribution >= 4 is 11.7 Å². The van der Waals surface area contributed by atoms with Gasteiger partial charge in [-0.15, -0.1) is 0 Å². The SMILES string of the molecule is CCn1cc(NC(=O)N2CCC[C@@H]2c2ccc(O)cc2)cn1. The molecule has 3 rings (SSSR count). The molecule has 0 aliphatic carbocycles. The highest BCUT2D eigenvalue weighted by atomic mass is 16.3. The third-order valence-electron chi connectivity index (χ3n) is 4.00. The first kappa shape index (κ1) is 14.4. The minimum Gasteiger partial charge on any atom is -0.508 e. The van der Waals surface area contributed by atoms with Crippen LogP contribution in [0, 0.1) is 0 Å². The van der Waals surface area contributed by atoms with Gasteiger partial charge in [0.2, 0.25) is 0 Å². The number of aryl methyl sites for hydroxylation is 1. The van der Waals surface area contributed by atoms with E-state index in [2.05, 4.69) is 10.4 Å². The summed E-state index contributed by atoms with van der Waals surface area (Å²) in [6.45, 7) is 3.51. The Morgan fingerprint density at radius 3 is 2.86 bits per heavy atom. The number of aromatic nitrogens is 2. The first-order valence-corrected chi connectivity index (χ1v) is 7.56. The number of phenols is 1. The molecule has 0 radical (unpaired) electrons. The maximum absolute atomic E-state index is 12.5. The molecule has 1 aliphatic heterocycles. The minimum atomic E-state index is -0.105. The van der Waals surface area contributed by atoms with E-state index in [4.69, 9.17) is 0 Å². The van der Waals surface area contributed by atoms with Gasteiger partial charge in [-0.2, -0.15) is 5.10 Å². The van der Waals surface area contributed by atoms with Crippen molar-refractivity contribution in [3.05, 3.63) is 42.2 Å². The van der Waals surface area contributed by atoms with Crippen LogP contribution in [0.1, 0.15) is 31.4 Å². The number of amides is 2. The average Bonchev–Trinajstić information content (AvgIpc) is 3.16. The lowest BCUT2D eigenvalue weighted by molar-refractivity contribution is 0.207. The number of carbonyl (C=O) groups excluding carboxylic acids is 1. The van der Waals surface area contributed by atoms with Crippen molar-refractivity contribution in [2.45, 2.75) is 32.4 Å². The van der Waals surface area contributed by atoms with Gasteiger partial charge in [-0.1, -0.05) is 12.1 Å².